The lowest BCUT2D eigenvalue weighted by Gasteiger charge is -2.19. The van der Waals surface area contributed by atoms with E-state index in [4.69, 9.17) is 0 Å². The highest BCUT2D eigenvalue weighted by Gasteiger charge is 2.26. The quantitative estimate of drug-likeness (QED) is 0.771. The van der Waals surface area contributed by atoms with Crippen molar-refractivity contribution in [3.05, 3.63) is 29.8 Å². The van der Waals surface area contributed by atoms with Crippen LogP contribution < -0.4 is 0 Å². The highest BCUT2D eigenvalue weighted by atomic mass is 32.2. The van der Waals surface area contributed by atoms with Gasteiger partial charge in [-0.25, -0.2) is 8.51 Å². The third kappa shape index (κ3) is 5.91. The van der Waals surface area contributed by atoms with Gasteiger partial charge in [-0.05, 0) is 49.3 Å². The molecule has 2 atom stereocenters. The van der Waals surface area contributed by atoms with Crippen molar-refractivity contribution in [2.24, 2.45) is 5.92 Å². The fourth-order valence-electron chi connectivity index (χ4n) is 2.26. The molecule has 0 bridgehead atoms. The van der Waals surface area contributed by atoms with Gasteiger partial charge < -0.3 is 0 Å². The van der Waals surface area contributed by atoms with Gasteiger partial charge in [0.2, 0.25) is 0 Å². The predicted octanol–water partition coefficient (Wildman–Crippen LogP) is 4.98. The molecule has 3 heteroatoms. The lowest BCUT2D eigenvalue weighted by molar-refractivity contribution is 0.441. The minimum atomic E-state index is -0.977. The minimum absolute atomic E-state index is 0.445. The highest BCUT2D eigenvalue weighted by Crippen LogP contribution is 2.24. The Balaban J connectivity index is 0.000000491. The van der Waals surface area contributed by atoms with E-state index in [9.17, 15) is 4.21 Å². The number of benzene rings is 1. The monoisotopic (exact) mass is 309 g/mol. The van der Waals surface area contributed by atoms with E-state index in [0.29, 0.717) is 12.0 Å². The first kappa shape index (κ1) is 18.4. The summed E-state index contributed by atoms with van der Waals surface area (Å²) in [5.41, 5.74) is 1.31. The van der Waals surface area contributed by atoms with Crippen molar-refractivity contribution in [3.8, 4) is 0 Å². The number of nitrogens with zero attached hydrogens (tertiary/aromatic N) is 1. The average Bonchev–Trinajstić information content (AvgIpc) is 2.83. The largest absolute Gasteiger partial charge is 0.237 e. The second-order valence-corrected chi connectivity index (χ2v) is 8.28. The van der Waals surface area contributed by atoms with Gasteiger partial charge in [0.15, 0.2) is 0 Å². The maximum absolute atomic E-state index is 12.4. The zero-order valence-electron chi connectivity index (χ0n) is 14.4. The van der Waals surface area contributed by atoms with Crippen LogP contribution in [0.4, 0.5) is 0 Å². The summed E-state index contributed by atoms with van der Waals surface area (Å²) in [6.45, 7) is 14.0. The van der Waals surface area contributed by atoms with Gasteiger partial charge in [0.05, 0.1) is 4.90 Å². The van der Waals surface area contributed by atoms with E-state index in [2.05, 4.69) is 58.0 Å². The Kier molecular flexibility index (Phi) is 7.61. The summed E-state index contributed by atoms with van der Waals surface area (Å²) in [6, 6.07) is 8.66. The van der Waals surface area contributed by atoms with Crippen molar-refractivity contribution in [2.45, 2.75) is 71.2 Å². The zero-order valence-corrected chi connectivity index (χ0v) is 15.2. The second kappa shape index (κ2) is 8.70. The normalized spacial score (nSPS) is 20.5. The van der Waals surface area contributed by atoms with E-state index in [1.165, 1.54) is 5.56 Å². The molecule has 0 spiro atoms. The van der Waals surface area contributed by atoms with E-state index in [1.807, 2.05) is 12.1 Å². The zero-order chi connectivity index (χ0) is 16.0. The molecule has 0 saturated carbocycles. The van der Waals surface area contributed by atoms with Gasteiger partial charge in [0.1, 0.15) is 11.0 Å². The molecule has 0 aromatic heterocycles. The Labute approximate surface area is 133 Å². The average molecular weight is 310 g/mol. The van der Waals surface area contributed by atoms with Crippen molar-refractivity contribution in [1.29, 1.82) is 0 Å². The van der Waals surface area contributed by atoms with Gasteiger partial charge in [-0.15, -0.1) is 0 Å². The van der Waals surface area contributed by atoms with Crippen LogP contribution in [0.1, 0.15) is 65.9 Å². The SMILES string of the molecule is CC(C)C.CC(C)c1ccc(S(=O)N2CCCC2C)cc1. The fourth-order valence-corrected chi connectivity index (χ4v) is 3.62. The van der Waals surface area contributed by atoms with Crippen molar-refractivity contribution >= 4 is 11.0 Å². The van der Waals surface area contributed by atoms with Gasteiger partial charge in [-0.3, -0.25) is 0 Å². The summed E-state index contributed by atoms with van der Waals surface area (Å²) in [6.07, 6.45) is 2.33. The molecule has 21 heavy (non-hydrogen) atoms. The molecule has 1 heterocycles. The second-order valence-electron chi connectivity index (χ2n) is 6.84. The van der Waals surface area contributed by atoms with Gasteiger partial charge in [0.25, 0.3) is 0 Å². The third-order valence-electron chi connectivity index (χ3n) is 3.45. The van der Waals surface area contributed by atoms with Gasteiger partial charge in [-0.1, -0.05) is 46.8 Å². The van der Waals surface area contributed by atoms with Crippen LogP contribution in [-0.4, -0.2) is 21.1 Å². The molecule has 0 radical (unpaired) electrons. The van der Waals surface area contributed by atoms with Crippen LogP contribution in [0.3, 0.4) is 0 Å². The molecule has 1 aliphatic rings. The Morgan fingerprint density at radius 3 is 2.00 bits per heavy atom. The first-order valence-corrected chi connectivity index (χ1v) is 9.22. The number of hydrogen-bond donors (Lipinski definition) is 0. The summed E-state index contributed by atoms with van der Waals surface area (Å²) >= 11 is 0. The molecule has 0 N–H and O–H groups in total. The molecular formula is C18H31NOS. The molecule has 1 saturated heterocycles. The third-order valence-corrected chi connectivity index (χ3v) is 5.10. The molecule has 2 unspecified atom stereocenters. The number of hydrogen-bond acceptors (Lipinski definition) is 1. The number of rotatable bonds is 3. The van der Waals surface area contributed by atoms with E-state index >= 15 is 0 Å². The van der Waals surface area contributed by atoms with Crippen LogP contribution in [0.5, 0.6) is 0 Å². The van der Waals surface area contributed by atoms with Crippen LogP contribution in [0.25, 0.3) is 0 Å². The molecule has 1 aromatic carbocycles. The topological polar surface area (TPSA) is 20.3 Å². The summed E-state index contributed by atoms with van der Waals surface area (Å²) in [4.78, 5) is 0.933. The Morgan fingerprint density at radius 2 is 1.62 bits per heavy atom. The first-order chi connectivity index (χ1) is 9.82. The summed E-state index contributed by atoms with van der Waals surface area (Å²) in [5.74, 6) is 1.36. The van der Waals surface area contributed by atoms with E-state index < -0.39 is 11.0 Å². The first-order valence-electron chi connectivity index (χ1n) is 8.11. The van der Waals surface area contributed by atoms with Crippen molar-refractivity contribution in [1.82, 2.24) is 4.31 Å². The molecule has 2 rings (SSSR count). The molecular weight excluding hydrogens is 278 g/mol. The molecule has 1 aliphatic heterocycles. The standard InChI is InChI=1S/C14H21NOS.C4H10/c1-11(2)13-6-8-14(9-7-13)17(16)15-10-4-5-12(15)3;1-4(2)3/h6-9,11-12H,4-5,10H2,1-3H3;4H,1-3H3. The molecule has 1 fully saturated rings. The fraction of sp³-hybridized carbons (Fsp3) is 0.667. The van der Waals surface area contributed by atoms with Gasteiger partial charge in [0, 0.05) is 12.6 Å². The van der Waals surface area contributed by atoms with Crippen LogP contribution in [0.15, 0.2) is 29.2 Å². The molecule has 0 amide bonds. The Hall–Kier alpha value is -0.670. The summed E-state index contributed by atoms with van der Waals surface area (Å²) in [5, 5.41) is 0. The van der Waals surface area contributed by atoms with Crippen molar-refractivity contribution in [2.75, 3.05) is 6.54 Å². The molecule has 1 aromatic rings. The molecule has 0 aliphatic carbocycles. The van der Waals surface area contributed by atoms with E-state index in [1.54, 1.807) is 0 Å². The van der Waals surface area contributed by atoms with Crippen LogP contribution in [0.2, 0.25) is 0 Å². The van der Waals surface area contributed by atoms with Crippen LogP contribution in [0, 0.1) is 5.92 Å². The van der Waals surface area contributed by atoms with Gasteiger partial charge in [-0.2, -0.15) is 0 Å². The van der Waals surface area contributed by atoms with Crippen LogP contribution >= 0.6 is 0 Å². The molecule has 120 valence electrons. The van der Waals surface area contributed by atoms with E-state index in [0.717, 1.165) is 30.2 Å². The lowest BCUT2D eigenvalue weighted by Crippen LogP contribution is -2.28. The highest BCUT2D eigenvalue weighted by molar-refractivity contribution is 7.82. The van der Waals surface area contributed by atoms with Gasteiger partial charge >= 0.3 is 0 Å². The predicted molar refractivity (Wildman–Crippen MR) is 92.9 cm³/mol. The van der Waals surface area contributed by atoms with Crippen molar-refractivity contribution < 1.29 is 4.21 Å². The maximum atomic E-state index is 12.4. The Morgan fingerprint density at radius 1 is 1.10 bits per heavy atom. The summed E-state index contributed by atoms with van der Waals surface area (Å²) in [7, 11) is -0.977. The Bertz CT molecular complexity index is 436. The summed E-state index contributed by atoms with van der Waals surface area (Å²) < 4.78 is 14.5. The molecule has 2 nitrogen and oxygen atoms in total. The maximum Gasteiger partial charge on any atom is 0.127 e. The van der Waals surface area contributed by atoms with E-state index in [-0.39, 0.29) is 0 Å². The lowest BCUT2D eigenvalue weighted by atomic mass is 10.0. The smallest absolute Gasteiger partial charge is 0.127 e. The van der Waals surface area contributed by atoms with Crippen LogP contribution in [-0.2, 0) is 11.0 Å². The van der Waals surface area contributed by atoms with Crippen molar-refractivity contribution in [3.63, 3.8) is 0 Å². The minimum Gasteiger partial charge on any atom is -0.237 e.